The number of benzene rings is 5. The van der Waals surface area contributed by atoms with E-state index in [9.17, 15) is 4.79 Å². The van der Waals surface area contributed by atoms with E-state index in [0.29, 0.717) is 11.1 Å². The summed E-state index contributed by atoms with van der Waals surface area (Å²) in [5, 5.41) is 3.93. The number of hydrogen-bond donors (Lipinski definition) is 1. The second-order valence-electron chi connectivity index (χ2n) is 9.26. The van der Waals surface area contributed by atoms with Gasteiger partial charge in [-0.05, 0) is 0 Å². The Kier molecular flexibility index (Phi) is 7.42. The third-order valence-electron chi connectivity index (χ3n) is 6.76. The first-order chi connectivity index (χ1) is 18.5. The second kappa shape index (κ2) is 10.9. The number of anilines is 1. The molecule has 0 unspecified atom stereocenters. The van der Waals surface area contributed by atoms with Gasteiger partial charge in [-0.2, -0.15) is 0 Å². The van der Waals surface area contributed by atoms with Gasteiger partial charge in [0.25, 0.3) is 0 Å². The summed E-state index contributed by atoms with van der Waals surface area (Å²) in [5.74, 6) is 2.34. The molecule has 0 spiro atoms. The third kappa shape index (κ3) is 4.76. The van der Waals surface area contributed by atoms with E-state index < -0.39 is 5.31 Å². The maximum atomic E-state index is 13.4. The summed E-state index contributed by atoms with van der Waals surface area (Å²) in [6.07, 6.45) is 0. The van der Waals surface area contributed by atoms with Crippen LogP contribution in [-0.4, -0.2) is 5.78 Å². The van der Waals surface area contributed by atoms with Gasteiger partial charge in [0.15, 0.2) is 0 Å². The molecule has 0 aliphatic rings. The number of nitrogens with one attached hydrogen (secondary N) is 1. The average molecular weight is 578 g/mol. The molecule has 0 aromatic heterocycles. The van der Waals surface area contributed by atoms with Crippen LogP contribution in [-0.2, 0) is 0 Å². The van der Waals surface area contributed by atoms with Gasteiger partial charge in [0, 0.05) is 0 Å². The van der Waals surface area contributed by atoms with E-state index in [1.807, 2.05) is 72.8 Å². The number of halogens is 1. The van der Waals surface area contributed by atoms with Gasteiger partial charge in [-0.1, -0.05) is 0 Å². The first kappa shape index (κ1) is 25.9. The molecule has 188 valence electrons. The summed E-state index contributed by atoms with van der Waals surface area (Å²) in [6, 6.07) is 49.0. The van der Waals surface area contributed by atoms with Gasteiger partial charge in [-0.25, -0.2) is 0 Å². The van der Waals surface area contributed by atoms with Crippen molar-refractivity contribution in [3.63, 3.8) is 0 Å². The van der Waals surface area contributed by atoms with Crippen molar-refractivity contribution in [3.05, 3.63) is 168 Å². The number of rotatable bonds is 8. The van der Waals surface area contributed by atoms with Gasteiger partial charge in [0.2, 0.25) is 0 Å². The average Bonchev–Trinajstić information content (AvgIpc) is 2.99. The van der Waals surface area contributed by atoms with Gasteiger partial charge in [-0.3, -0.25) is 0 Å². The van der Waals surface area contributed by atoms with Crippen LogP contribution in [0.15, 0.2) is 157 Å². The molecule has 38 heavy (non-hydrogen) atoms. The molecule has 2 nitrogen and oxygen atoms in total. The van der Waals surface area contributed by atoms with E-state index >= 15 is 0 Å². The number of hydrogen-bond acceptors (Lipinski definition) is 2. The van der Waals surface area contributed by atoms with E-state index in [4.69, 9.17) is 0 Å². The van der Waals surface area contributed by atoms with Crippen molar-refractivity contribution in [2.45, 2.75) is 6.92 Å². The molecule has 0 saturated carbocycles. The summed E-state index contributed by atoms with van der Waals surface area (Å²) >= 11 is 4.46. The molecule has 4 heteroatoms. The molecular weight excluding hydrogens is 549 g/mol. The first-order valence-electron chi connectivity index (χ1n) is 12.6. The molecule has 0 heterocycles. The Morgan fingerprint density at radius 1 is 0.605 bits per heavy atom. The van der Waals surface area contributed by atoms with Crippen LogP contribution in [0.3, 0.4) is 0 Å². The van der Waals surface area contributed by atoms with Gasteiger partial charge < -0.3 is 0 Å². The van der Waals surface area contributed by atoms with E-state index in [1.54, 1.807) is 0 Å². The van der Waals surface area contributed by atoms with Crippen LogP contribution in [0.25, 0.3) is 0 Å². The van der Waals surface area contributed by atoms with E-state index in [1.165, 1.54) is 15.9 Å². The van der Waals surface area contributed by atoms with Crippen LogP contribution in [0.4, 0.5) is 5.69 Å². The van der Waals surface area contributed by atoms with E-state index in [2.05, 4.69) is 106 Å². The fraction of sp³-hybridized carbons (Fsp3) is 0.0294. The van der Waals surface area contributed by atoms with Crippen LogP contribution in [0.1, 0.15) is 22.8 Å². The summed E-state index contributed by atoms with van der Waals surface area (Å²) in [6.45, 7) is 2.07. The van der Waals surface area contributed by atoms with Crippen LogP contribution in [0.2, 0.25) is 0 Å². The molecule has 0 bridgehead atoms. The van der Waals surface area contributed by atoms with Crippen molar-refractivity contribution in [2.24, 2.45) is 0 Å². The quantitative estimate of drug-likeness (QED) is 0.149. The number of carbonyl (C=O) groups excluding carboxylic acids is 1. The van der Waals surface area contributed by atoms with Crippen molar-refractivity contribution in [3.8, 4) is 0 Å². The van der Waals surface area contributed by atoms with Gasteiger partial charge >= 0.3 is 233 Å². The molecule has 0 saturated heterocycles. The number of carbonyl (C=O) groups is 1. The van der Waals surface area contributed by atoms with Gasteiger partial charge in [-0.15, -0.1) is 0 Å². The molecule has 1 N–H and O–H groups in total. The zero-order valence-corrected chi connectivity index (χ0v) is 23.6. The Hall–Kier alpha value is -3.78. The molecule has 0 aliphatic carbocycles. The third-order valence-corrected chi connectivity index (χ3v) is 15.9. The Labute approximate surface area is 232 Å². The molecule has 5 rings (SSSR count). The molecule has 5 aromatic carbocycles. The molecule has 0 radical (unpaired) electrons. The zero-order chi connectivity index (χ0) is 26.5. The van der Waals surface area contributed by atoms with Crippen molar-refractivity contribution in [1.82, 2.24) is 0 Å². The molecular formula is C34H29BrNOP. The summed E-state index contributed by atoms with van der Waals surface area (Å²) in [7, 11) is 0. The summed E-state index contributed by atoms with van der Waals surface area (Å²) in [4.78, 5) is 13.4. The normalized spacial score (nSPS) is 12.8. The predicted octanol–water partition coefficient (Wildman–Crippen LogP) is 8.03. The molecule has 0 aliphatic heterocycles. The Morgan fingerprint density at radius 2 is 1.00 bits per heavy atom. The van der Waals surface area contributed by atoms with Crippen LogP contribution >= 0.6 is 20.8 Å². The van der Waals surface area contributed by atoms with Crippen molar-refractivity contribution in [2.75, 3.05) is 5.32 Å². The number of allylic oxidation sites excluding steroid dienone is 1. The van der Waals surface area contributed by atoms with Crippen molar-refractivity contribution >= 4 is 48.2 Å². The Bertz CT molecular complexity index is 1470. The topological polar surface area (TPSA) is 29.1 Å². The van der Waals surface area contributed by atoms with E-state index in [0.717, 1.165) is 11.4 Å². The first-order valence-corrected chi connectivity index (χ1v) is 16.9. The van der Waals surface area contributed by atoms with Crippen LogP contribution < -0.4 is 21.2 Å². The van der Waals surface area contributed by atoms with E-state index in [-0.39, 0.29) is 5.78 Å². The van der Waals surface area contributed by atoms with Crippen LogP contribution in [0.5, 0.6) is 0 Å². The van der Waals surface area contributed by atoms with Gasteiger partial charge in [0.05, 0.1) is 0 Å². The minimum atomic E-state index is -3.27. The monoisotopic (exact) mass is 577 g/mol. The minimum absolute atomic E-state index is 0.00740. The molecule has 5 aromatic rings. The second-order valence-corrected chi connectivity index (χ2v) is 17.6. The fourth-order valence-corrected chi connectivity index (χ4v) is 12.4. The van der Waals surface area contributed by atoms with Crippen LogP contribution in [0, 0.1) is 0 Å². The fourth-order valence-electron chi connectivity index (χ4n) is 4.97. The molecule has 0 amide bonds. The molecule has 0 atom stereocenters. The summed E-state index contributed by atoms with van der Waals surface area (Å²) in [5.41, 5.74) is 3.04. The molecule has 0 fully saturated rings. The van der Waals surface area contributed by atoms with Crippen molar-refractivity contribution < 1.29 is 4.79 Å². The number of ketones is 1. The standard InChI is InChI=1S/C34H29BrNOP/c1-27(36-33-25-15-14-24-32(33)34(37)28-16-6-2-7-17-28)26-38(35,29-18-8-3-9-19-29,30-20-10-4-11-21-30)31-22-12-5-13-23-31/h2-26,36H,1H3/b27-26+. The maximum absolute atomic E-state index is 13.4. The van der Waals surface area contributed by atoms with Gasteiger partial charge in [0.1, 0.15) is 0 Å². The predicted molar refractivity (Wildman–Crippen MR) is 168 cm³/mol. The zero-order valence-electron chi connectivity index (χ0n) is 21.2. The summed E-state index contributed by atoms with van der Waals surface area (Å²) < 4.78 is 0. The van der Waals surface area contributed by atoms with Crippen molar-refractivity contribution in [1.29, 1.82) is 0 Å². The Morgan fingerprint density at radius 3 is 1.47 bits per heavy atom. The number of para-hydroxylation sites is 1. The SMILES string of the molecule is C/C(=C\P(Br)(c1ccccc1)(c1ccccc1)c1ccccc1)Nc1ccccc1C(=O)c1ccccc1. The Balaban J connectivity index is 1.69.